The van der Waals surface area contributed by atoms with Gasteiger partial charge in [-0.2, -0.15) is 0 Å². The van der Waals surface area contributed by atoms with E-state index in [4.69, 9.17) is 4.74 Å². The van der Waals surface area contributed by atoms with Crippen molar-refractivity contribution in [2.75, 3.05) is 25.2 Å². The van der Waals surface area contributed by atoms with E-state index in [9.17, 15) is 13.2 Å². The summed E-state index contributed by atoms with van der Waals surface area (Å²) in [6.07, 6.45) is 2.78. The summed E-state index contributed by atoms with van der Waals surface area (Å²) in [5.41, 5.74) is 0.915. The monoisotopic (exact) mass is 325 g/mol. The fraction of sp³-hybridized carbons (Fsp3) is 0.562. The van der Waals surface area contributed by atoms with Crippen LogP contribution in [0, 0.1) is 5.92 Å². The van der Waals surface area contributed by atoms with Gasteiger partial charge >= 0.3 is 0 Å². The van der Waals surface area contributed by atoms with Gasteiger partial charge in [0.25, 0.3) is 0 Å². The molecule has 2 rings (SSSR count). The predicted molar refractivity (Wildman–Crippen MR) is 85.7 cm³/mol. The van der Waals surface area contributed by atoms with Crippen LogP contribution in [0.4, 0.5) is 0 Å². The van der Waals surface area contributed by atoms with Crippen molar-refractivity contribution in [2.45, 2.75) is 25.7 Å². The van der Waals surface area contributed by atoms with Gasteiger partial charge in [-0.25, -0.2) is 8.42 Å². The molecule has 22 heavy (non-hydrogen) atoms. The largest absolute Gasteiger partial charge is 0.497 e. The molecule has 1 aliphatic heterocycles. The van der Waals surface area contributed by atoms with E-state index < -0.39 is 9.84 Å². The number of sulfone groups is 1. The van der Waals surface area contributed by atoms with Crippen molar-refractivity contribution in [3.05, 3.63) is 29.8 Å². The van der Waals surface area contributed by atoms with E-state index in [1.165, 1.54) is 0 Å². The van der Waals surface area contributed by atoms with Gasteiger partial charge in [0.15, 0.2) is 9.84 Å². The van der Waals surface area contributed by atoms with Gasteiger partial charge in [0.1, 0.15) is 5.75 Å². The molecule has 0 bridgehead atoms. The lowest BCUT2D eigenvalue weighted by Crippen LogP contribution is -2.26. The Morgan fingerprint density at radius 3 is 2.91 bits per heavy atom. The molecule has 1 aromatic rings. The topological polar surface area (TPSA) is 72.5 Å². The molecular weight excluding hydrogens is 302 g/mol. The Morgan fingerprint density at radius 1 is 1.41 bits per heavy atom. The molecule has 1 N–H and O–H groups in total. The maximum absolute atomic E-state index is 11.9. The summed E-state index contributed by atoms with van der Waals surface area (Å²) in [5.74, 6) is 1.62. The summed E-state index contributed by atoms with van der Waals surface area (Å²) in [6.45, 7) is 0.597. The highest BCUT2D eigenvalue weighted by Gasteiger charge is 2.27. The Bertz CT molecular complexity index is 612. The molecule has 1 saturated heterocycles. The summed E-state index contributed by atoms with van der Waals surface area (Å²) in [7, 11) is -1.20. The van der Waals surface area contributed by atoms with Crippen molar-refractivity contribution in [3.63, 3.8) is 0 Å². The van der Waals surface area contributed by atoms with Crippen LogP contribution in [0.5, 0.6) is 5.75 Å². The van der Waals surface area contributed by atoms with E-state index in [1.807, 2.05) is 24.3 Å². The molecule has 0 spiro atoms. The molecule has 1 fully saturated rings. The zero-order valence-corrected chi connectivity index (χ0v) is 13.7. The van der Waals surface area contributed by atoms with Gasteiger partial charge in [0, 0.05) is 6.54 Å². The van der Waals surface area contributed by atoms with E-state index in [1.54, 1.807) is 7.11 Å². The summed E-state index contributed by atoms with van der Waals surface area (Å²) < 4.78 is 27.8. The van der Waals surface area contributed by atoms with Gasteiger partial charge in [-0.3, -0.25) is 4.79 Å². The lowest BCUT2D eigenvalue weighted by Gasteiger charge is -2.09. The second-order valence-corrected chi connectivity index (χ2v) is 8.02. The Balaban J connectivity index is 1.65. The Labute approximate surface area is 132 Å². The Kier molecular flexibility index (Phi) is 5.83. The van der Waals surface area contributed by atoms with Crippen molar-refractivity contribution in [1.29, 1.82) is 0 Å². The van der Waals surface area contributed by atoms with Crippen molar-refractivity contribution in [2.24, 2.45) is 5.92 Å². The summed E-state index contributed by atoms with van der Waals surface area (Å²) in [6, 6.07) is 7.45. The van der Waals surface area contributed by atoms with Crippen molar-refractivity contribution >= 4 is 15.7 Å². The van der Waals surface area contributed by atoms with E-state index in [-0.39, 0.29) is 11.8 Å². The molecule has 0 aromatic heterocycles. The molecule has 1 aliphatic rings. The Hall–Kier alpha value is -1.56. The number of methoxy groups -OCH3 is 1. The van der Waals surface area contributed by atoms with Gasteiger partial charge in [0.05, 0.1) is 25.0 Å². The molecule has 1 aromatic carbocycles. The van der Waals surface area contributed by atoms with Crippen LogP contribution in [0.3, 0.4) is 0 Å². The van der Waals surface area contributed by atoms with Gasteiger partial charge in [-0.1, -0.05) is 12.1 Å². The fourth-order valence-electron chi connectivity index (χ4n) is 2.75. The normalized spacial score (nSPS) is 19.8. The van der Waals surface area contributed by atoms with E-state index in [0.29, 0.717) is 24.5 Å². The lowest BCUT2D eigenvalue weighted by molar-refractivity contribution is -0.120. The third kappa shape index (κ3) is 5.33. The van der Waals surface area contributed by atoms with E-state index in [0.717, 1.165) is 30.6 Å². The number of ether oxygens (including phenoxy) is 1. The van der Waals surface area contributed by atoms with Crippen LogP contribution in [0.15, 0.2) is 24.3 Å². The molecule has 1 amide bonds. The van der Waals surface area contributed by atoms with Crippen LogP contribution >= 0.6 is 0 Å². The molecule has 122 valence electrons. The van der Waals surface area contributed by atoms with Gasteiger partial charge in [0.2, 0.25) is 5.91 Å². The molecule has 5 nitrogen and oxygen atoms in total. The SMILES string of the molecule is COc1cccc(CC(=O)NCCCC2CCS(=O)(=O)C2)c1. The first kappa shape index (κ1) is 16.8. The maximum Gasteiger partial charge on any atom is 0.224 e. The second-order valence-electron chi connectivity index (χ2n) is 5.79. The number of amides is 1. The van der Waals surface area contributed by atoms with Gasteiger partial charge in [-0.15, -0.1) is 0 Å². The maximum atomic E-state index is 11.9. The summed E-state index contributed by atoms with van der Waals surface area (Å²) in [5, 5.41) is 2.88. The zero-order chi connectivity index (χ0) is 16.0. The number of hydrogen-bond donors (Lipinski definition) is 1. The number of carbonyl (C=O) groups is 1. The average Bonchev–Trinajstić information content (AvgIpc) is 2.83. The summed E-state index contributed by atoms with van der Waals surface area (Å²) >= 11 is 0. The third-order valence-corrected chi connectivity index (χ3v) is 5.77. The highest BCUT2D eigenvalue weighted by Crippen LogP contribution is 2.22. The number of carbonyl (C=O) groups excluding carboxylic acids is 1. The Morgan fingerprint density at radius 2 is 2.23 bits per heavy atom. The molecule has 0 aliphatic carbocycles. The first-order chi connectivity index (χ1) is 10.5. The van der Waals surface area contributed by atoms with Crippen LogP contribution in [0.2, 0.25) is 0 Å². The van der Waals surface area contributed by atoms with Crippen molar-refractivity contribution in [3.8, 4) is 5.75 Å². The minimum Gasteiger partial charge on any atom is -0.497 e. The van der Waals surface area contributed by atoms with Crippen LogP contribution in [-0.4, -0.2) is 39.5 Å². The number of nitrogens with one attached hydrogen (secondary N) is 1. The van der Waals surface area contributed by atoms with Crippen LogP contribution in [0.1, 0.15) is 24.8 Å². The zero-order valence-electron chi connectivity index (χ0n) is 12.9. The smallest absolute Gasteiger partial charge is 0.224 e. The summed E-state index contributed by atoms with van der Waals surface area (Å²) in [4.78, 5) is 11.9. The number of hydrogen-bond acceptors (Lipinski definition) is 4. The molecule has 6 heteroatoms. The van der Waals surface area contributed by atoms with Crippen molar-refractivity contribution < 1.29 is 17.9 Å². The third-order valence-electron chi connectivity index (χ3n) is 3.94. The van der Waals surface area contributed by atoms with Gasteiger partial charge in [-0.05, 0) is 42.9 Å². The molecule has 0 saturated carbocycles. The highest BCUT2D eigenvalue weighted by atomic mass is 32.2. The van der Waals surface area contributed by atoms with Crippen molar-refractivity contribution in [1.82, 2.24) is 5.32 Å². The molecule has 0 radical (unpaired) electrons. The average molecular weight is 325 g/mol. The van der Waals surface area contributed by atoms with E-state index >= 15 is 0 Å². The molecule has 1 atom stereocenters. The first-order valence-electron chi connectivity index (χ1n) is 7.58. The predicted octanol–water partition coefficient (Wildman–Crippen LogP) is 1.57. The minimum atomic E-state index is -2.80. The van der Waals surface area contributed by atoms with Crippen LogP contribution < -0.4 is 10.1 Å². The molecule has 1 heterocycles. The first-order valence-corrected chi connectivity index (χ1v) is 9.41. The van der Waals surface area contributed by atoms with E-state index in [2.05, 4.69) is 5.32 Å². The number of benzene rings is 1. The standard InChI is InChI=1S/C16H23NO4S/c1-21-15-6-2-4-14(10-15)11-16(18)17-8-3-5-13-7-9-22(19,20)12-13/h2,4,6,10,13H,3,5,7-9,11-12H2,1H3,(H,17,18). The lowest BCUT2D eigenvalue weighted by atomic mass is 10.0. The highest BCUT2D eigenvalue weighted by molar-refractivity contribution is 7.91. The molecular formula is C16H23NO4S. The van der Waals surface area contributed by atoms with Crippen LogP contribution in [-0.2, 0) is 21.1 Å². The quantitative estimate of drug-likeness (QED) is 0.772. The molecule has 1 unspecified atom stereocenters. The second kappa shape index (κ2) is 7.63. The van der Waals surface area contributed by atoms with Crippen LogP contribution in [0.25, 0.3) is 0 Å². The fourth-order valence-corrected chi connectivity index (χ4v) is 4.66. The minimum absolute atomic E-state index is 0.0210. The number of rotatable bonds is 7. The van der Waals surface area contributed by atoms with Gasteiger partial charge < -0.3 is 10.1 Å².